The summed E-state index contributed by atoms with van der Waals surface area (Å²) in [5.41, 5.74) is 1.87. The first kappa shape index (κ1) is 26.4. The fourth-order valence-electron chi connectivity index (χ4n) is 2.24. The van der Waals surface area contributed by atoms with Gasteiger partial charge < -0.3 is 26.0 Å². The molecule has 28 heavy (non-hydrogen) atoms. The van der Waals surface area contributed by atoms with Gasteiger partial charge in [-0.3, -0.25) is 4.99 Å². The van der Waals surface area contributed by atoms with E-state index in [2.05, 4.69) is 40.1 Å². The first-order chi connectivity index (χ1) is 12.9. The molecule has 0 aromatic heterocycles. The van der Waals surface area contributed by atoms with E-state index >= 15 is 0 Å². The molecule has 160 valence electrons. The van der Waals surface area contributed by atoms with Gasteiger partial charge >= 0.3 is 6.03 Å². The molecule has 1 rings (SSSR count). The van der Waals surface area contributed by atoms with Crippen LogP contribution in [0, 0.1) is 5.92 Å². The molecule has 0 unspecified atom stereocenters. The second-order valence-electron chi connectivity index (χ2n) is 7.12. The van der Waals surface area contributed by atoms with Crippen molar-refractivity contribution in [3.63, 3.8) is 0 Å². The van der Waals surface area contributed by atoms with E-state index in [1.54, 1.807) is 7.05 Å². The fraction of sp³-hybridized carbons (Fsp3) is 0.600. The summed E-state index contributed by atoms with van der Waals surface area (Å²) in [4.78, 5) is 15.9. The number of halogens is 1. The van der Waals surface area contributed by atoms with Gasteiger partial charge in [-0.05, 0) is 43.9 Å². The molecular weight excluding hydrogens is 469 g/mol. The number of anilines is 1. The van der Waals surface area contributed by atoms with E-state index in [4.69, 9.17) is 4.74 Å². The Hall–Kier alpha value is -1.55. The molecule has 0 fully saturated rings. The second-order valence-corrected chi connectivity index (χ2v) is 7.12. The average Bonchev–Trinajstić information content (AvgIpc) is 2.60. The highest BCUT2D eigenvalue weighted by atomic mass is 127. The van der Waals surface area contributed by atoms with Crippen LogP contribution >= 0.6 is 24.0 Å². The molecule has 8 heteroatoms. The van der Waals surface area contributed by atoms with Crippen molar-refractivity contribution in [3.05, 3.63) is 29.8 Å². The van der Waals surface area contributed by atoms with Gasteiger partial charge in [0.15, 0.2) is 5.96 Å². The minimum Gasteiger partial charge on any atom is -0.381 e. The highest BCUT2D eigenvalue weighted by molar-refractivity contribution is 14.0. The van der Waals surface area contributed by atoms with Crippen molar-refractivity contribution in [2.75, 3.05) is 32.1 Å². The molecule has 0 spiro atoms. The molecule has 0 aliphatic carbocycles. The summed E-state index contributed by atoms with van der Waals surface area (Å²) in [5, 5.41) is 12.2. The molecular formula is C20H36IN5O2. The number of ether oxygens (including phenoxy) is 1. The Bertz CT molecular complexity index is 576. The summed E-state index contributed by atoms with van der Waals surface area (Å²) >= 11 is 0. The number of benzene rings is 1. The maximum absolute atomic E-state index is 11.7. The van der Waals surface area contributed by atoms with Gasteiger partial charge in [0.1, 0.15) is 0 Å². The van der Waals surface area contributed by atoms with Crippen LogP contribution in [0.1, 0.15) is 39.7 Å². The van der Waals surface area contributed by atoms with Gasteiger partial charge in [-0.2, -0.15) is 0 Å². The number of rotatable bonds is 10. The van der Waals surface area contributed by atoms with Gasteiger partial charge in [-0.1, -0.05) is 26.0 Å². The Morgan fingerprint density at radius 2 is 1.79 bits per heavy atom. The van der Waals surface area contributed by atoms with Crippen molar-refractivity contribution in [1.29, 1.82) is 0 Å². The van der Waals surface area contributed by atoms with E-state index in [1.807, 2.05) is 38.1 Å². The van der Waals surface area contributed by atoms with E-state index < -0.39 is 0 Å². The molecule has 0 saturated carbocycles. The number of nitrogens with zero attached hydrogens (tertiary/aromatic N) is 1. The molecule has 0 saturated heterocycles. The summed E-state index contributed by atoms with van der Waals surface area (Å²) in [6.45, 7) is 11.2. The Balaban J connectivity index is 0.00000729. The van der Waals surface area contributed by atoms with Crippen molar-refractivity contribution < 1.29 is 9.53 Å². The van der Waals surface area contributed by atoms with Crippen molar-refractivity contribution in [3.8, 4) is 0 Å². The number of nitrogens with one attached hydrogen (secondary N) is 4. The van der Waals surface area contributed by atoms with Crippen LogP contribution in [-0.2, 0) is 11.3 Å². The third kappa shape index (κ3) is 12.8. The van der Waals surface area contributed by atoms with Crippen molar-refractivity contribution in [1.82, 2.24) is 16.0 Å². The van der Waals surface area contributed by atoms with Crippen LogP contribution in [0.2, 0.25) is 0 Å². The van der Waals surface area contributed by atoms with Crippen molar-refractivity contribution in [2.24, 2.45) is 10.9 Å². The summed E-state index contributed by atoms with van der Waals surface area (Å²) in [7, 11) is 1.75. The predicted molar refractivity (Wildman–Crippen MR) is 128 cm³/mol. The molecule has 4 N–H and O–H groups in total. The zero-order chi connectivity index (χ0) is 20.1. The number of hydrogen-bond donors (Lipinski definition) is 4. The number of hydrogen-bond acceptors (Lipinski definition) is 3. The number of urea groups is 1. The monoisotopic (exact) mass is 505 g/mol. The number of carbonyl (C=O) groups excluding carboxylic acids is 1. The lowest BCUT2D eigenvalue weighted by atomic mass is 10.2. The Kier molecular flexibility index (Phi) is 14.5. The molecule has 0 radical (unpaired) electrons. The van der Waals surface area contributed by atoms with Gasteiger partial charge in [-0.25, -0.2) is 4.79 Å². The van der Waals surface area contributed by atoms with Gasteiger partial charge in [0.05, 0.1) is 0 Å². The van der Waals surface area contributed by atoms with Crippen LogP contribution in [0.3, 0.4) is 0 Å². The number of aliphatic imine (C=N–C) groups is 1. The number of guanidine groups is 1. The normalized spacial score (nSPS) is 11.2. The van der Waals surface area contributed by atoms with Gasteiger partial charge in [-0.15, -0.1) is 24.0 Å². The van der Waals surface area contributed by atoms with Gasteiger partial charge in [0, 0.05) is 45.1 Å². The molecule has 1 aromatic carbocycles. The van der Waals surface area contributed by atoms with E-state index in [1.165, 1.54) is 0 Å². The Labute approximate surface area is 186 Å². The number of carbonyl (C=O) groups is 1. The summed E-state index contributed by atoms with van der Waals surface area (Å²) < 4.78 is 5.56. The van der Waals surface area contributed by atoms with Crippen molar-refractivity contribution in [2.45, 2.75) is 46.7 Å². The van der Waals surface area contributed by atoms with Gasteiger partial charge in [0.25, 0.3) is 0 Å². The van der Waals surface area contributed by atoms with E-state index in [-0.39, 0.29) is 36.0 Å². The maximum Gasteiger partial charge on any atom is 0.319 e. The van der Waals surface area contributed by atoms with Crippen LogP contribution in [0.5, 0.6) is 0 Å². The molecule has 0 bridgehead atoms. The molecule has 1 aromatic rings. The maximum atomic E-state index is 11.7. The first-order valence-electron chi connectivity index (χ1n) is 9.59. The zero-order valence-corrected chi connectivity index (χ0v) is 20.0. The topological polar surface area (TPSA) is 86.8 Å². The highest BCUT2D eigenvalue weighted by Gasteiger charge is 2.04. The first-order valence-corrected chi connectivity index (χ1v) is 9.59. The summed E-state index contributed by atoms with van der Waals surface area (Å²) in [6, 6.07) is 7.64. The molecule has 0 aliphatic heterocycles. The standard InChI is InChI=1S/C20H35N5O2.HI/c1-15(2)14-27-12-6-11-22-19(21-5)23-13-17-7-9-18(10-8-17)25-20(26)24-16(3)4;/h7-10,15-16H,6,11-14H2,1-5H3,(H2,21,22,23)(H2,24,25,26);1H. The summed E-state index contributed by atoms with van der Waals surface area (Å²) in [6.07, 6.45) is 0.937. The lowest BCUT2D eigenvalue weighted by Gasteiger charge is -2.13. The Morgan fingerprint density at radius 3 is 2.36 bits per heavy atom. The van der Waals surface area contributed by atoms with Crippen LogP contribution in [0.4, 0.5) is 10.5 Å². The zero-order valence-electron chi connectivity index (χ0n) is 17.7. The van der Waals surface area contributed by atoms with Crippen LogP contribution < -0.4 is 21.3 Å². The largest absolute Gasteiger partial charge is 0.381 e. The van der Waals surface area contributed by atoms with Gasteiger partial charge in [0.2, 0.25) is 0 Å². The molecule has 0 atom stereocenters. The van der Waals surface area contributed by atoms with Crippen molar-refractivity contribution >= 4 is 41.7 Å². The minimum absolute atomic E-state index is 0. The lowest BCUT2D eigenvalue weighted by molar-refractivity contribution is 0.108. The molecule has 2 amide bonds. The fourth-order valence-corrected chi connectivity index (χ4v) is 2.24. The highest BCUT2D eigenvalue weighted by Crippen LogP contribution is 2.09. The van der Waals surface area contributed by atoms with Crippen LogP contribution in [0.15, 0.2) is 29.3 Å². The lowest BCUT2D eigenvalue weighted by Crippen LogP contribution is -2.37. The smallest absolute Gasteiger partial charge is 0.319 e. The Morgan fingerprint density at radius 1 is 1.11 bits per heavy atom. The quantitative estimate of drug-likeness (QED) is 0.170. The molecule has 0 heterocycles. The van der Waals surface area contributed by atoms with Crippen LogP contribution in [0.25, 0.3) is 0 Å². The number of amides is 2. The third-order valence-corrected chi connectivity index (χ3v) is 3.52. The van der Waals surface area contributed by atoms with E-state index in [0.717, 1.165) is 43.4 Å². The third-order valence-electron chi connectivity index (χ3n) is 3.52. The predicted octanol–water partition coefficient (Wildman–Crippen LogP) is 3.56. The summed E-state index contributed by atoms with van der Waals surface area (Å²) in [5.74, 6) is 1.33. The minimum atomic E-state index is -0.196. The van der Waals surface area contributed by atoms with Crippen LogP contribution in [-0.4, -0.2) is 44.8 Å². The average molecular weight is 505 g/mol. The molecule has 0 aliphatic rings. The second kappa shape index (κ2) is 15.4. The SMILES string of the molecule is CN=C(NCCCOCC(C)C)NCc1ccc(NC(=O)NC(C)C)cc1.I. The van der Waals surface area contributed by atoms with E-state index in [9.17, 15) is 4.79 Å². The molecule has 7 nitrogen and oxygen atoms in total. The van der Waals surface area contributed by atoms with E-state index in [0.29, 0.717) is 12.5 Å².